The summed E-state index contributed by atoms with van der Waals surface area (Å²) in [5, 5.41) is 3.53. The number of piperidine rings is 1. The maximum absolute atomic E-state index is 3.53. The summed E-state index contributed by atoms with van der Waals surface area (Å²) in [6.45, 7) is 7.36. The molecular weight excluding hydrogens is 158 g/mol. The second-order valence-corrected chi connectivity index (χ2v) is 5.33. The Kier molecular flexibility index (Phi) is 2.92. The lowest BCUT2D eigenvalue weighted by molar-refractivity contribution is 0.118. The highest BCUT2D eigenvalue weighted by molar-refractivity contribution is 4.85. The van der Waals surface area contributed by atoms with Crippen molar-refractivity contribution in [2.45, 2.75) is 39.5 Å². The van der Waals surface area contributed by atoms with E-state index in [-0.39, 0.29) is 0 Å². The second-order valence-electron chi connectivity index (χ2n) is 5.33. The number of hydrogen-bond donors (Lipinski definition) is 1. The Morgan fingerprint density at radius 1 is 1.08 bits per heavy atom. The molecule has 2 aliphatic rings. The number of fused-ring (bicyclic) bond motifs is 1. The first kappa shape index (κ1) is 9.51. The van der Waals surface area contributed by atoms with Crippen LogP contribution in [0.2, 0.25) is 0 Å². The van der Waals surface area contributed by atoms with E-state index in [9.17, 15) is 0 Å². The average molecular weight is 181 g/mol. The summed E-state index contributed by atoms with van der Waals surface area (Å²) in [7, 11) is 0. The minimum absolute atomic E-state index is 0.913. The van der Waals surface area contributed by atoms with Gasteiger partial charge in [-0.25, -0.2) is 0 Å². The largest absolute Gasteiger partial charge is 0.316 e. The van der Waals surface area contributed by atoms with Crippen molar-refractivity contribution in [1.82, 2.24) is 5.32 Å². The van der Waals surface area contributed by atoms with Gasteiger partial charge >= 0.3 is 0 Å². The SMILES string of the molecule is CC(C)C1CCC2CNCCC2C1. The minimum Gasteiger partial charge on any atom is -0.316 e. The molecule has 1 heteroatoms. The minimum atomic E-state index is 0.913. The van der Waals surface area contributed by atoms with E-state index in [1.165, 1.54) is 38.8 Å². The molecule has 3 atom stereocenters. The summed E-state index contributed by atoms with van der Waals surface area (Å²) in [6, 6.07) is 0. The van der Waals surface area contributed by atoms with Gasteiger partial charge in [-0.3, -0.25) is 0 Å². The molecule has 1 saturated carbocycles. The lowest BCUT2D eigenvalue weighted by atomic mass is 9.68. The van der Waals surface area contributed by atoms with Gasteiger partial charge in [-0.1, -0.05) is 13.8 Å². The van der Waals surface area contributed by atoms with E-state index in [1.807, 2.05) is 0 Å². The fourth-order valence-corrected chi connectivity index (χ4v) is 3.17. The average Bonchev–Trinajstić information content (AvgIpc) is 2.17. The zero-order valence-corrected chi connectivity index (χ0v) is 9.05. The van der Waals surface area contributed by atoms with Gasteiger partial charge in [-0.05, 0) is 62.4 Å². The van der Waals surface area contributed by atoms with Crippen LogP contribution in [0, 0.1) is 23.7 Å². The lowest BCUT2D eigenvalue weighted by Gasteiger charge is -2.41. The third-order valence-corrected chi connectivity index (χ3v) is 4.22. The smallest absolute Gasteiger partial charge is 0.00179 e. The Labute approximate surface area is 82.3 Å². The molecule has 13 heavy (non-hydrogen) atoms. The Balaban J connectivity index is 1.91. The Morgan fingerprint density at radius 3 is 2.69 bits per heavy atom. The molecule has 2 rings (SSSR count). The van der Waals surface area contributed by atoms with Crippen molar-refractivity contribution >= 4 is 0 Å². The van der Waals surface area contributed by atoms with Crippen LogP contribution in [-0.2, 0) is 0 Å². The first-order valence-corrected chi connectivity index (χ1v) is 5.98. The highest BCUT2D eigenvalue weighted by Crippen LogP contribution is 2.39. The van der Waals surface area contributed by atoms with Crippen molar-refractivity contribution in [1.29, 1.82) is 0 Å². The summed E-state index contributed by atoms with van der Waals surface area (Å²) >= 11 is 0. The molecule has 0 spiro atoms. The molecule has 1 N–H and O–H groups in total. The fraction of sp³-hybridized carbons (Fsp3) is 1.00. The van der Waals surface area contributed by atoms with E-state index in [2.05, 4.69) is 19.2 Å². The van der Waals surface area contributed by atoms with Crippen LogP contribution in [0.3, 0.4) is 0 Å². The summed E-state index contributed by atoms with van der Waals surface area (Å²) in [5.41, 5.74) is 0. The Morgan fingerprint density at radius 2 is 1.92 bits per heavy atom. The topological polar surface area (TPSA) is 12.0 Å². The molecule has 0 radical (unpaired) electrons. The van der Waals surface area contributed by atoms with Crippen molar-refractivity contribution in [3.05, 3.63) is 0 Å². The first-order valence-electron chi connectivity index (χ1n) is 5.98. The molecule has 0 aromatic rings. The van der Waals surface area contributed by atoms with E-state index in [0.717, 1.165) is 23.7 Å². The van der Waals surface area contributed by atoms with Gasteiger partial charge in [0, 0.05) is 0 Å². The first-order chi connectivity index (χ1) is 6.27. The van der Waals surface area contributed by atoms with Crippen LogP contribution in [0.1, 0.15) is 39.5 Å². The lowest BCUT2D eigenvalue weighted by Crippen LogP contribution is -2.40. The molecule has 0 amide bonds. The maximum atomic E-state index is 3.53. The third-order valence-electron chi connectivity index (χ3n) is 4.22. The van der Waals surface area contributed by atoms with Crippen LogP contribution in [0.4, 0.5) is 0 Å². The second kappa shape index (κ2) is 4.00. The van der Waals surface area contributed by atoms with E-state index < -0.39 is 0 Å². The molecule has 1 aliphatic heterocycles. The number of nitrogens with one attached hydrogen (secondary N) is 1. The molecule has 0 aromatic carbocycles. The highest BCUT2D eigenvalue weighted by Gasteiger charge is 2.32. The number of hydrogen-bond acceptors (Lipinski definition) is 1. The van der Waals surface area contributed by atoms with E-state index in [1.54, 1.807) is 0 Å². The van der Waals surface area contributed by atoms with Gasteiger partial charge in [0.25, 0.3) is 0 Å². The van der Waals surface area contributed by atoms with Crippen LogP contribution in [0.15, 0.2) is 0 Å². The standard InChI is InChI=1S/C12H23N/c1-9(2)10-3-4-12-8-13-6-5-11(12)7-10/h9-13H,3-8H2,1-2H3. The van der Waals surface area contributed by atoms with Crippen LogP contribution >= 0.6 is 0 Å². The zero-order valence-electron chi connectivity index (χ0n) is 9.05. The third kappa shape index (κ3) is 2.07. The Bertz CT molecular complexity index is 165. The van der Waals surface area contributed by atoms with Crippen LogP contribution in [0.25, 0.3) is 0 Å². The van der Waals surface area contributed by atoms with Crippen LogP contribution in [0.5, 0.6) is 0 Å². The molecule has 1 nitrogen and oxygen atoms in total. The molecule has 0 bridgehead atoms. The van der Waals surface area contributed by atoms with E-state index >= 15 is 0 Å². The summed E-state index contributed by atoms with van der Waals surface area (Å²) in [4.78, 5) is 0. The molecule has 1 heterocycles. The van der Waals surface area contributed by atoms with E-state index in [0.29, 0.717) is 0 Å². The Hall–Kier alpha value is -0.0400. The van der Waals surface area contributed by atoms with Crippen molar-refractivity contribution in [3.63, 3.8) is 0 Å². The predicted molar refractivity (Wildman–Crippen MR) is 56.6 cm³/mol. The molecule has 1 aliphatic carbocycles. The maximum Gasteiger partial charge on any atom is -0.00179 e. The van der Waals surface area contributed by atoms with Crippen LogP contribution in [-0.4, -0.2) is 13.1 Å². The van der Waals surface area contributed by atoms with Crippen molar-refractivity contribution in [3.8, 4) is 0 Å². The molecular formula is C12H23N. The zero-order chi connectivity index (χ0) is 9.26. The van der Waals surface area contributed by atoms with Gasteiger partial charge in [0.05, 0.1) is 0 Å². The summed E-state index contributed by atoms with van der Waals surface area (Å²) in [6.07, 6.45) is 5.93. The van der Waals surface area contributed by atoms with Crippen molar-refractivity contribution in [2.75, 3.05) is 13.1 Å². The van der Waals surface area contributed by atoms with Gasteiger partial charge < -0.3 is 5.32 Å². The predicted octanol–water partition coefficient (Wildman–Crippen LogP) is 2.67. The molecule has 0 aromatic heterocycles. The van der Waals surface area contributed by atoms with E-state index in [4.69, 9.17) is 0 Å². The summed E-state index contributed by atoms with van der Waals surface area (Å²) in [5.74, 6) is 4.02. The van der Waals surface area contributed by atoms with Gasteiger partial charge in [0.2, 0.25) is 0 Å². The quantitative estimate of drug-likeness (QED) is 0.656. The van der Waals surface area contributed by atoms with Gasteiger partial charge in [-0.2, -0.15) is 0 Å². The van der Waals surface area contributed by atoms with Gasteiger partial charge in [-0.15, -0.1) is 0 Å². The monoisotopic (exact) mass is 181 g/mol. The van der Waals surface area contributed by atoms with Gasteiger partial charge in [0.1, 0.15) is 0 Å². The fourth-order valence-electron chi connectivity index (χ4n) is 3.17. The van der Waals surface area contributed by atoms with Gasteiger partial charge in [0.15, 0.2) is 0 Å². The van der Waals surface area contributed by atoms with Crippen molar-refractivity contribution < 1.29 is 0 Å². The molecule has 3 unspecified atom stereocenters. The molecule has 1 saturated heterocycles. The summed E-state index contributed by atoms with van der Waals surface area (Å²) < 4.78 is 0. The molecule has 76 valence electrons. The highest BCUT2D eigenvalue weighted by atomic mass is 14.9. The van der Waals surface area contributed by atoms with Crippen LogP contribution < -0.4 is 5.32 Å². The van der Waals surface area contributed by atoms with Crippen molar-refractivity contribution in [2.24, 2.45) is 23.7 Å². The normalized spacial score (nSPS) is 40.4. The number of rotatable bonds is 1. The molecule has 2 fully saturated rings.